The van der Waals surface area contributed by atoms with Gasteiger partial charge in [-0.3, -0.25) is 9.89 Å². The predicted molar refractivity (Wildman–Crippen MR) is 107 cm³/mol. The van der Waals surface area contributed by atoms with Crippen LogP contribution >= 0.6 is 24.0 Å². The zero-order valence-electron chi connectivity index (χ0n) is 15.4. The van der Waals surface area contributed by atoms with Crippen LogP contribution in [0.3, 0.4) is 0 Å². The van der Waals surface area contributed by atoms with Crippen LogP contribution in [-0.2, 0) is 9.47 Å². The fraction of sp³-hybridized carbons (Fsp3) is 0.941. The molecule has 2 N–H and O–H groups in total. The van der Waals surface area contributed by atoms with E-state index in [4.69, 9.17) is 9.47 Å². The Labute approximate surface area is 163 Å². The molecular formula is C17H33IN4O2. The van der Waals surface area contributed by atoms with Crippen LogP contribution in [-0.4, -0.2) is 75.5 Å². The summed E-state index contributed by atoms with van der Waals surface area (Å²) in [5, 5.41) is 7.14. The van der Waals surface area contributed by atoms with Gasteiger partial charge in [-0.1, -0.05) is 13.8 Å². The lowest BCUT2D eigenvalue weighted by Crippen LogP contribution is -2.68. The average molecular weight is 452 g/mol. The standard InChI is InChI=1S/C17H32N4O2.HI/c1-12(21-6-9-22-10-7-21)11-19-16(18-4)20-14-13-5-8-23-15(13)17(14,2)3;/h12-15H,5-11H2,1-4H3,(H2,18,19,20);1H. The second-order valence-corrected chi connectivity index (χ2v) is 7.64. The van der Waals surface area contributed by atoms with E-state index in [2.05, 4.69) is 41.3 Å². The monoisotopic (exact) mass is 452 g/mol. The molecule has 2 aliphatic heterocycles. The van der Waals surface area contributed by atoms with Crippen molar-refractivity contribution in [3.63, 3.8) is 0 Å². The van der Waals surface area contributed by atoms with E-state index in [-0.39, 0.29) is 29.4 Å². The molecule has 2 saturated heterocycles. The van der Waals surface area contributed by atoms with Crippen LogP contribution in [0.1, 0.15) is 27.2 Å². The van der Waals surface area contributed by atoms with E-state index in [9.17, 15) is 0 Å². The van der Waals surface area contributed by atoms with Crippen LogP contribution in [0.15, 0.2) is 4.99 Å². The number of hydrogen-bond acceptors (Lipinski definition) is 4. The van der Waals surface area contributed by atoms with Gasteiger partial charge in [0.25, 0.3) is 0 Å². The molecule has 7 heteroatoms. The zero-order valence-corrected chi connectivity index (χ0v) is 17.7. The summed E-state index contributed by atoms with van der Waals surface area (Å²) in [6.45, 7) is 12.4. The molecule has 0 radical (unpaired) electrons. The van der Waals surface area contributed by atoms with E-state index in [0.717, 1.165) is 51.8 Å². The Kier molecular flexibility index (Phi) is 7.16. The molecule has 4 unspecified atom stereocenters. The smallest absolute Gasteiger partial charge is 0.191 e. The van der Waals surface area contributed by atoms with Gasteiger partial charge in [-0.25, -0.2) is 0 Å². The Morgan fingerprint density at radius 2 is 2.00 bits per heavy atom. The first-order valence-electron chi connectivity index (χ1n) is 8.94. The number of nitrogens with one attached hydrogen (secondary N) is 2. The number of guanidine groups is 1. The van der Waals surface area contributed by atoms with Crippen LogP contribution in [0.25, 0.3) is 0 Å². The summed E-state index contributed by atoms with van der Waals surface area (Å²) in [7, 11) is 1.85. The summed E-state index contributed by atoms with van der Waals surface area (Å²) in [5.41, 5.74) is 0.175. The molecule has 24 heavy (non-hydrogen) atoms. The van der Waals surface area contributed by atoms with Crippen molar-refractivity contribution >= 4 is 29.9 Å². The molecule has 1 aliphatic carbocycles. The number of morpholine rings is 1. The van der Waals surface area contributed by atoms with Crippen molar-refractivity contribution < 1.29 is 9.47 Å². The van der Waals surface area contributed by atoms with Gasteiger partial charge in [0.1, 0.15) is 0 Å². The van der Waals surface area contributed by atoms with Crippen LogP contribution in [0.4, 0.5) is 0 Å². The van der Waals surface area contributed by atoms with Crippen LogP contribution in [0, 0.1) is 11.3 Å². The molecule has 0 spiro atoms. The summed E-state index contributed by atoms with van der Waals surface area (Å²) in [6.07, 6.45) is 1.57. The molecule has 0 aromatic carbocycles. The minimum atomic E-state index is 0. The van der Waals surface area contributed by atoms with E-state index >= 15 is 0 Å². The third-order valence-corrected chi connectivity index (χ3v) is 5.85. The third kappa shape index (κ3) is 3.99. The largest absolute Gasteiger partial charge is 0.379 e. The van der Waals surface area contributed by atoms with E-state index in [1.165, 1.54) is 0 Å². The van der Waals surface area contributed by atoms with Gasteiger partial charge in [0.15, 0.2) is 5.96 Å². The maximum absolute atomic E-state index is 5.87. The van der Waals surface area contributed by atoms with E-state index in [0.29, 0.717) is 24.1 Å². The number of halogens is 1. The highest BCUT2D eigenvalue weighted by atomic mass is 127. The van der Waals surface area contributed by atoms with Crippen molar-refractivity contribution in [2.75, 3.05) is 46.5 Å². The van der Waals surface area contributed by atoms with Crippen molar-refractivity contribution in [3.8, 4) is 0 Å². The van der Waals surface area contributed by atoms with Gasteiger partial charge in [-0.05, 0) is 13.3 Å². The average Bonchev–Trinajstić information content (AvgIpc) is 3.02. The summed E-state index contributed by atoms with van der Waals surface area (Å²) < 4.78 is 11.3. The van der Waals surface area contributed by atoms with Crippen LogP contribution in [0.2, 0.25) is 0 Å². The van der Waals surface area contributed by atoms with Gasteiger partial charge in [0.05, 0.1) is 19.3 Å². The summed E-state index contributed by atoms with van der Waals surface area (Å²) in [4.78, 5) is 6.89. The van der Waals surface area contributed by atoms with Crippen LogP contribution < -0.4 is 10.6 Å². The summed E-state index contributed by atoms with van der Waals surface area (Å²) >= 11 is 0. The normalized spacial score (nSPS) is 33.8. The molecule has 6 nitrogen and oxygen atoms in total. The number of ether oxygens (including phenoxy) is 2. The molecule has 3 fully saturated rings. The van der Waals surface area contributed by atoms with Crippen molar-refractivity contribution in [1.82, 2.24) is 15.5 Å². The van der Waals surface area contributed by atoms with Crippen molar-refractivity contribution in [2.24, 2.45) is 16.3 Å². The molecule has 2 heterocycles. The zero-order chi connectivity index (χ0) is 16.4. The molecule has 3 aliphatic rings. The quantitative estimate of drug-likeness (QED) is 0.383. The maximum Gasteiger partial charge on any atom is 0.191 e. The molecule has 0 bridgehead atoms. The Bertz CT molecular complexity index is 440. The summed E-state index contributed by atoms with van der Waals surface area (Å²) in [5.74, 6) is 1.54. The van der Waals surface area contributed by atoms with Crippen LogP contribution in [0.5, 0.6) is 0 Å². The van der Waals surface area contributed by atoms with Crippen molar-refractivity contribution in [1.29, 1.82) is 0 Å². The lowest BCUT2D eigenvalue weighted by atomic mass is 9.57. The van der Waals surface area contributed by atoms with E-state index < -0.39 is 0 Å². The van der Waals surface area contributed by atoms with Gasteiger partial charge >= 0.3 is 0 Å². The van der Waals surface area contributed by atoms with Crippen molar-refractivity contribution in [2.45, 2.75) is 45.4 Å². The highest BCUT2D eigenvalue weighted by Gasteiger charge is 2.59. The second-order valence-electron chi connectivity index (χ2n) is 7.64. The second kappa shape index (κ2) is 8.51. The fourth-order valence-corrected chi connectivity index (χ4v) is 4.35. The number of fused-ring (bicyclic) bond motifs is 1. The first-order chi connectivity index (χ1) is 11.0. The minimum Gasteiger partial charge on any atom is -0.379 e. The van der Waals surface area contributed by atoms with Gasteiger partial charge in [0.2, 0.25) is 0 Å². The highest BCUT2D eigenvalue weighted by molar-refractivity contribution is 14.0. The van der Waals surface area contributed by atoms with E-state index in [1.54, 1.807) is 0 Å². The molecule has 4 atom stereocenters. The fourth-order valence-electron chi connectivity index (χ4n) is 4.35. The molecule has 0 aromatic heterocycles. The molecule has 0 aromatic rings. The van der Waals surface area contributed by atoms with Gasteiger partial charge in [0, 0.05) is 56.7 Å². The van der Waals surface area contributed by atoms with Gasteiger partial charge in [-0.15, -0.1) is 24.0 Å². The Hall–Kier alpha value is -0.120. The molecule has 0 amide bonds. The lowest BCUT2D eigenvalue weighted by Gasteiger charge is -2.55. The Morgan fingerprint density at radius 3 is 2.67 bits per heavy atom. The van der Waals surface area contributed by atoms with Gasteiger partial charge in [-0.2, -0.15) is 0 Å². The topological polar surface area (TPSA) is 58.1 Å². The highest BCUT2D eigenvalue weighted by Crippen LogP contribution is 2.52. The van der Waals surface area contributed by atoms with Gasteiger partial charge < -0.3 is 20.1 Å². The minimum absolute atomic E-state index is 0. The van der Waals surface area contributed by atoms with E-state index in [1.807, 2.05) is 7.05 Å². The number of rotatable bonds is 4. The summed E-state index contributed by atoms with van der Waals surface area (Å²) in [6, 6.07) is 0.925. The number of hydrogen-bond donors (Lipinski definition) is 2. The molecular weight excluding hydrogens is 419 g/mol. The first kappa shape index (κ1) is 20.2. The molecule has 140 valence electrons. The predicted octanol–water partition coefficient (Wildman–Crippen LogP) is 1.30. The first-order valence-corrected chi connectivity index (χ1v) is 8.94. The third-order valence-electron chi connectivity index (χ3n) is 5.85. The molecule has 3 rings (SSSR count). The lowest BCUT2D eigenvalue weighted by molar-refractivity contribution is -0.106. The number of nitrogens with zero attached hydrogens (tertiary/aromatic N) is 2. The van der Waals surface area contributed by atoms with Crippen molar-refractivity contribution in [3.05, 3.63) is 0 Å². The number of aliphatic imine (C=N–C) groups is 1. The Balaban J connectivity index is 0.00000208. The maximum atomic E-state index is 5.87. The Morgan fingerprint density at radius 1 is 1.29 bits per heavy atom. The SMILES string of the molecule is CN=C(NCC(C)N1CCOCC1)NC1C2CCOC2C1(C)C.I. The molecule has 1 saturated carbocycles.